The molecule has 2 rings (SSSR count). The highest BCUT2D eigenvalue weighted by molar-refractivity contribution is 6.18. The summed E-state index contributed by atoms with van der Waals surface area (Å²) in [5.41, 5.74) is -0.245. The molecule has 0 unspecified atom stereocenters. The monoisotopic (exact) mass is 361 g/mol. The molecule has 0 fully saturated rings. The number of hydrogen-bond donors (Lipinski definition) is 0. The number of aromatic nitrogens is 3. The maximum atomic E-state index is 12.7. The van der Waals surface area contributed by atoms with Crippen molar-refractivity contribution < 1.29 is 22.6 Å². The molecule has 2 heterocycles. The van der Waals surface area contributed by atoms with Crippen LogP contribution in [0.5, 0.6) is 17.6 Å². The van der Waals surface area contributed by atoms with Crippen LogP contribution in [-0.2, 0) is 13.2 Å². The lowest BCUT2D eigenvalue weighted by Crippen LogP contribution is -2.06. The molecule has 0 spiro atoms. The van der Waals surface area contributed by atoms with Gasteiger partial charge in [-0.3, -0.25) is 0 Å². The standard InChI is InChI=1S/C15H15ClF3N3O2/c1-10-7-12(23-6-4-3-5-16)20-13(8-10)24-14-9-11(15(17,18)19)21-22(14)2/h3-4,7-9H,5-6H2,1-2H3/b4-3+. The Balaban J connectivity index is 2.16. The van der Waals surface area contributed by atoms with Gasteiger partial charge in [0.1, 0.15) is 6.61 Å². The van der Waals surface area contributed by atoms with E-state index in [4.69, 9.17) is 21.1 Å². The molecular weight excluding hydrogens is 347 g/mol. The van der Waals surface area contributed by atoms with Crippen LogP contribution in [0, 0.1) is 6.92 Å². The van der Waals surface area contributed by atoms with Crippen molar-refractivity contribution in [1.82, 2.24) is 14.8 Å². The minimum absolute atomic E-state index is 0.0755. The van der Waals surface area contributed by atoms with E-state index in [2.05, 4.69) is 10.1 Å². The van der Waals surface area contributed by atoms with Crippen LogP contribution in [0.1, 0.15) is 11.3 Å². The van der Waals surface area contributed by atoms with Gasteiger partial charge in [0, 0.05) is 31.1 Å². The molecule has 130 valence electrons. The van der Waals surface area contributed by atoms with E-state index in [0.717, 1.165) is 16.3 Å². The highest BCUT2D eigenvalue weighted by atomic mass is 35.5. The fourth-order valence-corrected chi connectivity index (χ4v) is 1.91. The second kappa shape index (κ2) is 7.57. The van der Waals surface area contributed by atoms with Crippen molar-refractivity contribution in [3.05, 3.63) is 41.6 Å². The first-order valence-corrected chi connectivity index (χ1v) is 7.44. The van der Waals surface area contributed by atoms with Gasteiger partial charge in [0.2, 0.25) is 17.6 Å². The summed E-state index contributed by atoms with van der Waals surface area (Å²) in [7, 11) is 1.36. The van der Waals surface area contributed by atoms with Gasteiger partial charge >= 0.3 is 6.18 Å². The molecule has 9 heteroatoms. The van der Waals surface area contributed by atoms with Crippen LogP contribution in [0.15, 0.2) is 30.4 Å². The van der Waals surface area contributed by atoms with E-state index in [9.17, 15) is 13.2 Å². The van der Waals surface area contributed by atoms with Crippen LogP contribution in [0.25, 0.3) is 0 Å². The van der Waals surface area contributed by atoms with E-state index in [1.165, 1.54) is 7.05 Å². The molecule has 0 aliphatic rings. The molecule has 0 saturated carbocycles. The maximum absolute atomic E-state index is 12.7. The molecule has 0 saturated heterocycles. The Bertz CT molecular complexity index is 729. The Morgan fingerprint density at radius 3 is 2.54 bits per heavy atom. The normalized spacial score (nSPS) is 11.9. The number of allylic oxidation sites excluding steroid dienone is 1. The highest BCUT2D eigenvalue weighted by Gasteiger charge is 2.35. The van der Waals surface area contributed by atoms with Gasteiger partial charge < -0.3 is 9.47 Å². The van der Waals surface area contributed by atoms with Crippen LogP contribution in [-0.4, -0.2) is 27.3 Å². The summed E-state index contributed by atoms with van der Waals surface area (Å²) in [6, 6.07) is 4.08. The number of halogens is 4. The highest BCUT2D eigenvalue weighted by Crippen LogP contribution is 2.32. The Morgan fingerprint density at radius 2 is 1.92 bits per heavy atom. The van der Waals surface area contributed by atoms with Gasteiger partial charge in [0.15, 0.2) is 5.69 Å². The molecule has 24 heavy (non-hydrogen) atoms. The topological polar surface area (TPSA) is 49.2 Å². The van der Waals surface area contributed by atoms with Crippen molar-refractivity contribution in [2.24, 2.45) is 7.05 Å². The summed E-state index contributed by atoms with van der Waals surface area (Å²) in [5, 5.41) is 3.38. The largest absolute Gasteiger partial charge is 0.473 e. The Kier molecular flexibility index (Phi) is 5.71. The van der Waals surface area contributed by atoms with Crippen molar-refractivity contribution >= 4 is 11.6 Å². The van der Waals surface area contributed by atoms with Crippen LogP contribution in [0.4, 0.5) is 13.2 Å². The SMILES string of the molecule is Cc1cc(OC/C=C/CCl)nc(Oc2cc(C(F)(F)F)nn2C)c1. The van der Waals surface area contributed by atoms with E-state index in [0.29, 0.717) is 11.8 Å². The summed E-state index contributed by atoms with van der Waals surface area (Å²) in [6.07, 6.45) is -1.08. The average molecular weight is 362 g/mol. The molecule has 5 nitrogen and oxygen atoms in total. The fraction of sp³-hybridized carbons (Fsp3) is 0.333. The number of nitrogens with zero attached hydrogens (tertiary/aromatic N) is 3. The lowest BCUT2D eigenvalue weighted by Gasteiger charge is -2.08. The van der Waals surface area contributed by atoms with Crippen LogP contribution >= 0.6 is 11.6 Å². The molecule has 0 amide bonds. The van der Waals surface area contributed by atoms with Gasteiger partial charge in [-0.2, -0.15) is 23.3 Å². The first kappa shape index (κ1) is 18.1. The van der Waals surface area contributed by atoms with E-state index < -0.39 is 11.9 Å². The molecule has 0 radical (unpaired) electrons. The first-order valence-electron chi connectivity index (χ1n) is 6.91. The van der Waals surface area contributed by atoms with E-state index in [-0.39, 0.29) is 18.4 Å². The third-order valence-corrected chi connectivity index (χ3v) is 3.02. The van der Waals surface area contributed by atoms with Crippen molar-refractivity contribution in [1.29, 1.82) is 0 Å². The minimum atomic E-state index is -4.54. The summed E-state index contributed by atoms with van der Waals surface area (Å²) < 4.78 is 49.8. The van der Waals surface area contributed by atoms with Crippen molar-refractivity contribution in [3.63, 3.8) is 0 Å². The third-order valence-electron chi connectivity index (χ3n) is 2.84. The fourth-order valence-electron chi connectivity index (χ4n) is 1.79. The zero-order valence-electron chi connectivity index (χ0n) is 13.0. The van der Waals surface area contributed by atoms with Gasteiger partial charge in [0.25, 0.3) is 0 Å². The summed E-state index contributed by atoms with van der Waals surface area (Å²) in [6.45, 7) is 2.06. The third kappa shape index (κ3) is 4.89. The molecule has 0 atom stereocenters. The molecule has 0 bridgehead atoms. The lowest BCUT2D eigenvalue weighted by atomic mass is 10.3. The number of alkyl halides is 4. The van der Waals surface area contributed by atoms with Crippen LogP contribution < -0.4 is 9.47 Å². The minimum Gasteiger partial charge on any atom is -0.473 e. The van der Waals surface area contributed by atoms with E-state index in [1.54, 1.807) is 31.2 Å². The number of pyridine rings is 1. The molecular formula is C15H15ClF3N3O2. The van der Waals surface area contributed by atoms with Crippen LogP contribution in [0.3, 0.4) is 0 Å². The zero-order chi connectivity index (χ0) is 17.7. The van der Waals surface area contributed by atoms with Gasteiger partial charge in [-0.25, -0.2) is 4.68 Å². The first-order chi connectivity index (χ1) is 11.3. The second-order valence-electron chi connectivity index (χ2n) is 4.85. The predicted molar refractivity (Wildman–Crippen MR) is 82.6 cm³/mol. The molecule has 0 aromatic carbocycles. The van der Waals surface area contributed by atoms with E-state index in [1.807, 2.05) is 0 Å². The Hall–Kier alpha value is -2.22. The molecule has 2 aromatic heterocycles. The average Bonchev–Trinajstić information content (AvgIpc) is 2.84. The number of hydrogen-bond acceptors (Lipinski definition) is 4. The lowest BCUT2D eigenvalue weighted by molar-refractivity contribution is -0.141. The maximum Gasteiger partial charge on any atom is 0.435 e. The summed E-state index contributed by atoms with van der Waals surface area (Å²) >= 11 is 5.51. The van der Waals surface area contributed by atoms with Crippen molar-refractivity contribution in [2.75, 3.05) is 12.5 Å². The quantitative estimate of drug-likeness (QED) is 0.574. The van der Waals surface area contributed by atoms with Gasteiger partial charge in [0.05, 0.1) is 0 Å². The van der Waals surface area contributed by atoms with Crippen molar-refractivity contribution in [2.45, 2.75) is 13.1 Å². The second-order valence-corrected chi connectivity index (χ2v) is 5.16. The van der Waals surface area contributed by atoms with E-state index >= 15 is 0 Å². The number of rotatable bonds is 6. The van der Waals surface area contributed by atoms with Crippen molar-refractivity contribution in [3.8, 4) is 17.6 Å². The number of aryl methyl sites for hydroxylation is 2. The van der Waals surface area contributed by atoms with Gasteiger partial charge in [-0.15, -0.1) is 11.6 Å². The van der Waals surface area contributed by atoms with Crippen LogP contribution in [0.2, 0.25) is 0 Å². The summed E-state index contributed by atoms with van der Waals surface area (Å²) in [5.74, 6) is 0.708. The molecule has 2 aromatic rings. The molecule has 0 aliphatic heterocycles. The summed E-state index contributed by atoms with van der Waals surface area (Å²) in [4.78, 5) is 4.11. The smallest absolute Gasteiger partial charge is 0.435 e. The van der Waals surface area contributed by atoms with Gasteiger partial charge in [-0.1, -0.05) is 12.2 Å². The zero-order valence-corrected chi connectivity index (χ0v) is 13.7. The Morgan fingerprint density at radius 1 is 1.21 bits per heavy atom. The molecule has 0 N–H and O–H groups in total. The molecule has 0 aliphatic carbocycles. The van der Waals surface area contributed by atoms with Gasteiger partial charge in [-0.05, 0) is 12.5 Å². The predicted octanol–water partition coefficient (Wildman–Crippen LogP) is 4.11. The Labute approximate surface area is 141 Å². The number of ether oxygens (including phenoxy) is 2.